The second-order valence-corrected chi connectivity index (χ2v) is 4.37. The lowest BCUT2D eigenvalue weighted by Crippen LogP contribution is -2.10. The van der Waals surface area contributed by atoms with E-state index in [0.717, 1.165) is 6.54 Å². The summed E-state index contributed by atoms with van der Waals surface area (Å²) in [7, 11) is 0. The molecule has 0 saturated carbocycles. The number of benzene rings is 1. The van der Waals surface area contributed by atoms with E-state index in [2.05, 4.69) is 25.1 Å². The number of fused-ring (bicyclic) bond motifs is 1. The van der Waals surface area contributed by atoms with Crippen molar-refractivity contribution in [3.05, 3.63) is 34.9 Å². The minimum atomic E-state index is 0.502. The highest BCUT2D eigenvalue weighted by Crippen LogP contribution is 2.24. The molecule has 1 aliphatic carbocycles. The van der Waals surface area contributed by atoms with E-state index < -0.39 is 0 Å². The first kappa shape index (κ1) is 9.72. The van der Waals surface area contributed by atoms with Crippen LogP contribution in [0.4, 0.5) is 0 Å². The Morgan fingerprint density at radius 3 is 2.64 bits per heavy atom. The summed E-state index contributed by atoms with van der Waals surface area (Å²) in [5, 5.41) is 0. The van der Waals surface area contributed by atoms with E-state index in [0.29, 0.717) is 5.92 Å². The molecular formula is C13H19N. The molecule has 0 aliphatic heterocycles. The van der Waals surface area contributed by atoms with Crippen LogP contribution in [0.15, 0.2) is 18.2 Å². The molecule has 0 aromatic heterocycles. The second-order valence-electron chi connectivity index (χ2n) is 4.37. The van der Waals surface area contributed by atoms with Gasteiger partial charge in [-0.2, -0.15) is 0 Å². The number of nitrogens with two attached hydrogens (primary N) is 1. The Labute approximate surface area is 86.3 Å². The maximum absolute atomic E-state index is 5.68. The zero-order chi connectivity index (χ0) is 9.97. The third kappa shape index (κ3) is 1.83. The van der Waals surface area contributed by atoms with Gasteiger partial charge in [-0.15, -0.1) is 0 Å². The molecule has 1 nitrogen and oxygen atoms in total. The summed E-state index contributed by atoms with van der Waals surface area (Å²) in [5.74, 6) is 0.502. The van der Waals surface area contributed by atoms with E-state index in [4.69, 9.17) is 5.73 Å². The summed E-state index contributed by atoms with van der Waals surface area (Å²) in [4.78, 5) is 0. The molecule has 0 heterocycles. The molecule has 0 spiro atoms. The van der Waals surface area contributed by atoms with Crippen molar-refractivity contribution in [2.24, 2.45) is 5.73 Å². The molecule has 0 fully saturated rings. The molecule has 1 heteroatoms. The van der Waals surface area contributed by atoms with Gasteiger partial charge in [0.15, 0.2) is 0 Å². The topological polar surface area (TPSA) is 26.0 Å². The molecule has 14 heavy (non-hydrogen) atoms. The van der Waals surface area contributed by atoms with Gasteiger partial charge in [0.2, 0.25) is 0 Å². The molecule has 76 valence electrons. The van der Waals surface area contributed by atoms with Crippen LogP contribution in [-0.4, -0.2) is 6.54 Å². The molecule has 0 bridgehead atoms. The van der Waals surface area contributed by atoms with Gasteiger partial charge >= 0.3 is 0 Å². The molecule has 1 atom stereocenters. The average molecular weight is 189 g/mol. The number of rotatable bonds is 2. The smallest absolute Gasteiger partial charge is 0.00109 e. The van der Waals surface area contributed by atoms with E-state index in [1.165, 1.54) is 31.2 Å². The Morgan fingerprint density at radius 2 is 1.93 bits per heavy atom. The van der Waals surface area contributed by atoms with E-state index in [1.54, 1.807) is 11.1 Å². The molecule has 1 aromatic carbocycles. The normalized spacial score (nSPS) is 17.6. The second kappa shape index (κ2) is 4.14. The van der Waals surface area contributed by atoms with Gasteiger partial charge in [0.1, 0.15) is 0 Å². The van der Waals surface area contributed by atoms with Crippen LogP contribution in [0.1, 0.15) is 42.4 Å². The Kier molecular flexibility index (Phi) is 2.87. The van der Waals surface area contributed by atoms with Gasteiger partial charge in [-0.25, -0.2) is 0 Å². The summed E-state index contributed by atoms with van der Waals surface area (Å²) in [6.45, 7) is 2.95. The van der Waals surface area contributed by atoms with Gasteiger partial charge in [0, 0.05) is 0 Å². The van der Waals surface area contributed by atoms with E-state index in [9.17, 15) is 0 Å². The van der Waals surface area contributed by atoms with Crippen molar-refractivity contribution in [3.63, 3.8) is 0 Å². The van der Waals surface area contributed by atoms with Gasteiger partial charge in [-0.3, -0.25) is 0 Å². The molecule has 0 unspecified atom stereocenters. The average Bonchev–Trinajstić information content (AvgIpc) is 2.27. The molecular weight excluding hydrogens is 170 g/mol. The van der Waals surface area contributed by atoms with Crippen LogP contribution in [0.25, 0.3) is 0 Å². The van der Waals surface area contributed by atoms with Gasteiger partial charge in [-0.05, 0) is 54.8 Å². The molecule has 1 aromatic rings. The SMILES string of the molecule is C[C@@H](CN)c1ccc2c(c1)CCCC2. The van der Waals surface area contributed by atoms with Crippen LogP contribution < -0.4 is 5.73 Å². The minimum Gasteiger partial charge on any atom is -0.330 e. The lowest BCUT2D eigenvalue weighted by Gasteiger charge is -2.18. The fraction of sp³-hybridized carbons (Fsp3) is 0.538. The Morgan fingerprint density at radius 1 is 1.21 bits per heavy atom. The van der Waals surface area contributed by atoms with Crippen molar-refractivity contribution in [1.82, 2.24) is 0 Å². The van der Waals surface area contributed by atoms with Crippen LogP contribution >= 0.6 is 0 Å². The van der Waals surface area contributed by atoms with Crippen molar-refractivity contribution in [1.29, 1.82) is 0 Å². The van der Waals surface area contributed by atoms with Crippen molar-refractivity contribution in [2.75, 3.05) is 6.54 Å². The van der Waals surface area contributed by atoms with Crippen molar-refractivity contribution in [3.8, 4) is 0 Å². The molecule has 1 aliphatic rings. The lowest BCUT2D eigenvalue weighted by molar-refractivity contribution is 0.680. The fourth-order valence-corrected chi connectivity index (χ4v) is 2.20. The molecule has 0 saturated heterocycles. The monoisotopic (exact) mass is 189 g/mol. The maximum Gasteiger partial charge on any atom is -0.00109 e. The highest BCUT2D eigenvalue weighted by molar-refractivity contribution is 5.35. The summed E-state index contributed by atoms with van der Waals surface area (Å²) in [6.07, 6.45) is 5.25. The summed E-state index contributed by atoms with van der Waals surface area (Å²) in [5.41, 5.74) is 10.2. The molecule has 0 amide bonds. The third-order valence-electron chi connectivity index (χ3n) is 3.30. The zero-order valence-electron chi connectivity index (χ0n) is 8.92. The van der Waals surface area contributed by atoms with E-state index in [1.807, 2.05) is 0 Å². The summed E-state index contributed by atoms with van der Waals surface area (Å²) < 4.78 is 0. The van der Waals surface area contributed by atoms with Gasteiger partial charge in [0.05, 0.1) is 0 Å². The van der Waals surface area contributed by atoms with Crippen molar-refractivity contribution < 1.29 is 0 Å². The summed E-state index contributed by atoms with van der Waals surface area (Å²) in [6, 6.07) is 6.92. The largest absolute Gasteiger partial charge is 0.330 e. The zero-order valence-corrected chi connectivity index (χ0v) is 8.92. The lowest BCUT2D eigenvalue weighted by atomic mass is 9.88. The van der Waals surface area contributed by atoms with Crippen LogP contribution in [0, 0.1) is 0 Å². The van der Waals surface area contributed by atoms with Gasteiger partial charge < -0.3 is 5.73 Å². The Hall–Kier alpha value is -0.820. The predicted octanol–water partition coefficient (Wildman–Crippen LogP) is 2.63. The fourth-order valence-electron chi connectivity index (χ4n) is 2.20. The van der Waals surface area contributed by atoms with E-state index >= 15 is 0 Å². The maximum atomic E-state index is 5.68. The number of hydrogen-bond donors (Lipinski definition) is 1. The van der Waals surface area contributed by atoms with Crippen LogP contribution in [-0.2, 0) is 12.8 Å². The molecule has 0 radical (unpaired) electrons. The van der Waals surface area contributed by atoms with E-state index in [-0.39, 0.29) is 0 Å². The van der Waals surface area contributed by atoms with Gasteiger partial charge in [0.25, 0.3) is 0 Å². The Bertz CT molecular complexity index is 317. The summed E-state index contributed by atoms with van der Waals surface area (Å²) >= 11 is 0. The highest BCUT2D eigenvalue weighted by atomic mass is 14.5. The van der Waals surface area contributed by atoms with Crippen LogP contribution in [0.2, 0.25) is 0 Å². The minimum absolute atomic E-state index is 0.502. The van der Waals surface area contributed by atoms with Crippen LogP contribution in [0.5, 0.6) is 0 Å². The van der Waals surface area contributed by atoms with Crippen molar-refractivity contribution in [2.45, 2.75) is 38.5 Å². The molecule has 2 rings (SSSR count). The van der Waals surface area contributed by atoms with Crippen molar-refractivity contribution >= 4 is 0 Å². The number of aryl methyl sites for hydroxylation is 2. The first-order valence-corrected chi connectivity index (χ1v) is 5.63. The Balaban J connectivity index is 2.29. The third-order valence-corrected chi connectivity index (χ3v) is 3.30. The molecule has 2 N–H and O–H groups in total. The quantitative estimate of drug-likeness (QED) is 0.760. The first-order chi connectivity index (χ1) is 6.81. The standard InChI is InChI=1S/C13H19N/c1-10(9-14)12-7-6-11-4-2-3-5-13(11)8-12/h6-8,10H,2-5,9,14H2,1H3/t10-/m0/s1. The predicted molar refractivity (Wildman–Crippen MR) is 60.6 cm³/mol. The van der Waals surface area contributed by atoms with Gasteiger partial charge in [-0.1, -0.05) is 25.1 Å². The first-order valence-electron chi connectivity index (χ1n) is 5.63. The number of hydrogen-bond acceptors (Lipinski definition) is 1. The highest BCUT2D eigenvalue weighted by Gasteiger charge is 2.11. The van der Waals surface area contributed by atoms with Crippen LogP contribution in [0.3, 0.4) is 0 Å².